The zero-order valence-corrected chi connectivity index (χ0v) is 14.2. The Morgan fingerprint density at radius 1 is 0.643 bits per heavy atom. The van der Waals surface area contributed by atoms with Crippen LogP contribution in [0.1, 0.15) is 31.8 Å². The lowest BCUT2D eigenvalue weighted by molar-refractivity contribution is -0.149. The molecule has 8 heteroatoms. The summed E-state index contributed by atoms with van der Waals surface area (Å²) in [4.78, 5) is 48.7. The van der Waals surface area contributed by atoms with E-state index >= 15 is 0 Å². The SMILES string of the molecule is N#Cc1ccc(C(=O)C(C(=O)O)C(C(=O)O)C(=O)c2ccc(C#N)cc2)cc1. The maximum atomic E-state index is 12.6. The normalized spacial score (nSPS) is 12.1. The lowest BCUT2D eigenvalue weighted by Gasteiger charge is -2.18. The maximum absolute atomic E-state index is 12.6. The van der Waals surface area contributed by atoms with Crippen LogP contribution in [-0.2, 0) is 9.59 Å². The number of benzene rings is 2. The number of hydrogen-bond acceptors (Lipinski definition) is 6. The van der Waals surface area contributed by atoms with Crippen LogP contribution in [0, 0.1) is 34.5 Å². The largest absolute Gasteiger partial charge is 0.481 e. The molecular weight excluding hydrogens is 364 g/mol. The highest BCUT2D eigenvalue weighted by molar-refractivity contribution is 6.18. The molecule has 0 radical (unpaired) electrons. The molecule has 28 heavy (non-hydrogen) atoms. The van der Waals surface area contributed by atoms with Gasteiger partial charge in [-0.1, -0.05) is 24.3 Å². The van der Waals surface area contributed by atoms with Crippen molar-refractivity contribution in [2.75, 3.05) is 0 Å². The molecule has 0 saturated carbocycles. The first-order valence-corrected chi connectivity index (χ1v) is 7.84. The van der Waals surface area contributed by atoms with E-state index in [-0.39, 0.29) is 22.3 Å². The van der Waals surface area contributed by atoms with Gasteiger partial charge in [-0.15, -0.1) is 0 Å². The molecule has 2 atom stereocenters. The first kappa shape index (κ1) is 20.0. The molecule has 0 amide bonds. The lowest BCUT2D eigenvalue weighted by Crippen LogP contribution is -2.40. The van der Waals surface area contributed by atoms with E-state index in [2.05, 4.69) is 0 Å². The molecule has 0 saturated heterocycles. The predicted molar refractivity (Wildman–Crippen MR) is 93.2 cm³/mol. The first-order valence-electron chi connectivity index (χ1n) is 7.84. The number of rotatable bonds is 7. The zero-order valence-electron chi connectivity index (χ0n) is 14.2. The number of carboxylic acids is 2. The molecule has 0 aliphatic carbocycles. The van der Waals surface area contributed by atoms with Crippen molar-refractivity contribution in [3.05, 3.63) is 70.8 Å². The fourth-order valence-corrected chi connectivity index (χ4v) is 2.59. The second-order valence-corrected chi connectivity index (χ2v) is 5.74. The molecule has 138 valence electrons. The minimum atomic E-state index is -2.16. The molecule has 0 aromatic heterocycles. The van der Waals surface area contributed by atoms with Crippen LogP contribution in [0.3, 0.4) is 0 Å². The van der Waals surface area contributed by atoms with E-state index in [1.165, 1.54) is 48.5 Å². The molecule has 2 rings (SSSR count). The summed E-state index contributed by atoms with van der Waals surface area (Å²) in [6.07, 6.45) is 0. The van der Waals surface area contributed by atoms with E-state index in [1.54, 1.807) is 0 Å². The molecule has 2 aromatic carbocycles. The summed E-state index contributed by atoms with van der Waals surface area (Å²) >= 11 is 0. The zero-order chi connectivity index (χ0) is 20.8. The average Bonchev–Trinajstić information content (AvgIpc) is 2.70. The van der Waals surface area contributed by atoms with Gasteiger partial charge in [-0.2, -0.15) is 10.5 Å². The summed E-state index contributed by atoms with van der Waals surface area (Å²) in [5, 5.41) is 36.5. The maximum Gasteiger partial charge on any atom is 0.315 e. The number of carboxylic acid groups (broad SMARTS) is 2. The molecule has 0 aliphatic rings. The number of nitrogens with zero attached hydrogens (tertiary/aromatic N) is 2. The summed E-state index contributed by atoms with van der Waals surface area (Å²) < 4.78 is 0. The third-order valence-electron chi connectivity index (χ3n) is 4.03. The molecule has 0 fully saturated rings. The van der Waals surface area contributed by atoms with Gasteiger partial charge in [-0.3, -0.25) is 19.2 Å². The minimum Gasteiger partial charge on any atom is -0.481 e. The molecule has 0 heterocycles. The number of hydrogen-bond donors (Lipinski definition) is 2. The van der Waals surface area contributed by atoms with Crippen LogP contribution in [0.25, 0.3) is 0 Å². The van der Waals surface area contributed by atoms with Crippen molar-refractivity contribution in [2.45, 2.75) is 0 Å². The first-order chi connectivity index (χ1) is 13.3. The van der Waals surface area contributed by atoms with Crippen LogP contribution in [-0.4, -0.2) is 33.7 Å². The van der Waals surface area contributed by atoms with Crippen molar-refractivity contribution in [3.63, 3.8) is 0 Å². The molecule has 0 bridgehead atoms. The van der Waals surface area contributed by atoms with Gasteiger partial charge in [-0.05, 0) is 24.3 Å². The van der Waals surface area contributed by atoms with Gasteiger partial charge in [0.05, 0.1) is 23.3 Å². The van der Waals surface area contributed by atoms with Gasteiger partial charge in [-0.25, -0.2) is 0 Å². The van der Waals surface area contributed by atoms with Crippen molar-refractivity contribution in [1.82, 2.24) is 0 Å². The number of ketones is 2. The number of Topliss-reactive ketones (excluding diaryl/α,β-unsaturated/α-hetero) is 2. The standard InChI is InChI=1S/C20H12N2O6/c21-9-11-1-5-13(6-2-11)17(23)15(19(25)26)16(20(27)28)18(24)14-7-3-12(10-22)4-8-14/h1-8,15-16H,(H,25,26)(H,27,28). The summed E-state index contributed by atoms with van der Waals surface area (Å²) in [7, 11) is 0. The number of carbonyl (C=O) groups excluding carboxylic acids is 2. The monoisotopic (exact) mass is 376 g/mol. The van der Waals surface area contributed by atoms with Gasteiger partial charge in [0.2, 0.25) is 0 Å². The Bertz CT molecular complexity index is 941. The van der Waals surface area contributed by atoms with Gasteiger partial charge in [0.1, 0.15) is 11.8 Å². The Labute approximate surface area is 158 Å². The van der Waals surface area contributed by atoms with Crippen molar-refractivity contribution in [1.29, 1.82) is 10.5 Å². The summed E-state index contributed by atoms with van der Waals surface area (Å²) in [5.74, 6) is -9.97. The topological polar surface area (TPSA) is 156 Å². The summed E-state index contributed by atoms with van der Waals surface area (Å²) in [5.41, 5.74) is 0.189. The van der Waals surface area contributed by atoms with Gasteiger partial charge in [0.15, 0.2) is 11.6 Å². The lowest BCUT2D eigenvalue weighted by atomic mass is 9.81. The van der Waals surface area contributed by atoms with Crippen LogP contribution >= 0.6 is 0 Å². The third-order valence-corrected chi connectivity index (χ3v) is 4.03. The molecule has 2 unspecified atom stereocenters. The van der Waals surface area contributed by atoms with E-state index in [9.17, 15) is 29.4 Å². The quantitative estimate of drug-likeness (QED) is 0.548. The Kier molecular flexibility index (Phi) is 6.00. The Morgan fingerprint density at radius 2 is 0.929 bits per heavy atom. The van der Waals surface area contributed by atoms with Crippen molar-refractivity contribution in [2.24, 2.45) is 11.8 Å². The second-order valence-electron chi connectivity index (χ2n) is 5.74. The van der Waals surface area contributed by atoms with E-state index in [1.807, 2.05) is 12.1 Å². The highest BCUT2D eigenvalue weighted by atomic mass is 16.4. The fourth-order valence-electron chi connectivity index (χ4n) is 2.59. The molecule has 0 spiro atoms. The summed E-state index contributed by atoms with van der Waals surface area (Å²) in [6, 6.07) is 13.6. The fraction of sp³-hybridized carbons (Fsp3) is 0.100. The van der Waals surface area contributed by atoms with Crippen LogP contribution in [0.2, 0.25) is 0 Å². The van der Waals surface area contributed by atoms with Gasteiger partial charge in [0, 0.05) is 11.1 Å². The average molecular weight is 376 g/mol. The number of carbonyl (C=O) groups is 4. The number of nitriles is 2. The van der Waals surface area contributed by atoms with Crippen molar-refractivity contribution >= 4 is 23.5 Å². The van der Waals surface area contributed by atoms with E-state index in [4.69, 9.17) is 10.5 Å². The molecule has 8 nitrogen and oxygen atoms in total. The molecule has 0 aliphatic heterocycles. The van der Waals surface area contributed by atoms with Crippen molar-refractivity contribution in [3.8, 4) is 12.1 Å². The molecular formula is C20H12N2O6. The van der Waals surface area contributed by atoms with Crippen molar-refractivity contribution < 1.29 is 29.4 Å². The summed E-state index contributed by atoms with van der Waals surface area (Å²) in [6.45, 7) is 0. The van der Waals surface area contributed by atoms with Crippen LogP contribution < -0.4 is 0 Å². The third kappa shape index (κ3) is 4.09. The van der Waals surface area contributed by atoms with Crippen LogP contribution in [0.4, 0.5) is 0 Å². The Hall–Kier alpha value is -4.30. The smallest absolute Gasteiger partial charge is 0.315 e. The van der Waals surface area contributed by atoms with Crippen LogP contribution in [0.5, 0.6) is 0 Å². The van der Waals surface area contributed by atoms with Gasteiger partial charge in [0.25, 0.3) is 0 Å². The minimum absolute atomic E-state index is 0.134. The Balaban J connectivity index is 2.46. The molecule has 2 N–H and O–H groups in total. The van der Waals surface area contributed by atoms with Crippen LogP contribution in [0.15, 0.2) is 48.5 Å². The highest BCUT2D eigenvalue weighted by Crippen LogP contribution is 2.24. The highest BCUT2D eigenvalue weighted by Gasteiger charge is 2.44. The van der Waals surface area contributed by atoms with E-state index in [0.29, 0.717) is 0 Å². The second kappa shape index (κ2) is 8.39. The Morgan fingerprint density at radius 3 is 1.14 bits per heavy atom. The predicted octanol–water partition coefficient (Wildman–Crippen LogP) is 1.90. The van der Waals surface area contributed by atoms with E-state index in [0.717, 1.165) is 0 Å². The van der Waals surface area contributed by atoms with Gasteiger partial charge < -0.3 is 10.2 Å². The van der Waals surface area contributed by atoms with Gasteiger partial charge >= 0.3 is 11.9 Å². The molecule has 2 aromatic rings. The number of aliphatic carboxylic acids is 2. The van der Waals surface area contributed by atoms with E-state index < -0.39 is 35.3 Å².